The summed E-state index contributed by atoms with van der Waals surface area (Å²) in [7, 11) is 0. The van der Waals surface area contributed by atoms with E-state index in [2.05, 4.69) is 54.6 Å². The second kappa shape index (κ2) is 8.40. The van der Waals surface area contributed by atoms with Crippen LogP contribution >= 0.6 is 0 Å². The van der Waals surface area contributed by atoms with E-state index in [4.69, 9.17) is 4.74 Å². The van der Waals surface area contributed by atoms with E-state index >= 15 is 0 Å². The van der Waals surface area contributed by atoms with Crippen LogP contribution in [0.4, 0.5) is 0 Å². The predicted octanol–water partition coefficient (Wildman–Crippen LogP) is 2.47. The number of nitrogens with one attached hydrogen (secondary N) is 2. The summed E-state index contributed by atoms with van der Waals surface area (Å²) in [5.41, 5.74) is 2.32. The topological polar surface area (TPSA) is 45.7 Å². The number of rotatable bonds is 6. The molecular formula is C15H25N3O. The molecule has 0 aromatic heterocycles. The number of guanidine groups is 1. The summed E-state index contributed by atoms with van der Waals surface area (Å²) in [5, 5.41) is 6.43. The largest absolute Gasteiger partial charge is 0.494 e. The minimum atomic E-state index is 0.616. The van der Waals surface area contributed by atoms with Crippen LogP contribution in [-0.2, 0) is 6.54 Å². The fraction of sp³-hybridized carbons (Fsp3) is 0.533. The molecule has 0 fully saturated rings. The lowest BCUT2D eigenvalue weighted by Gasteiger charge is -2.12. The zero-order valence-electron chi connectivity index (χ0n) is 12.4. The van der Waals surface area contributed by atoms with Crippen LogP contribution in [0.3, 0.4) is 0 Å². The maximum absolute atomic E-state index is 5.66. The average Bonchev–Trinajstić information content (AvgIpc) is 2.38. The lowest BCUT2D eigenvalue weighted by molar-refractivity contribution is 0.336. The zero-order valence-corrected chi connectivity index (χ0v) is 12.4. The summed E-state index contributed by atoms with van der Waals surface area (Å²) in [6.07, 6.45) is 0. The van der Waals surface area contributed by atoms with Gasteiger partial charge in [-0.1, -0.05) is 12.1 Å². The molecule has 1 rings (SSSR count). The van der Waals surface area contributed by atoms with Gasteiger partial charge in [-0.05, 0) is 39.3 Å². The molecule has 4 nitrogen and oxygen atoms in total. The van der Waals surface area contributed by atoms with E-state index in [0.717, 1.165) is 30.4 Å². The van der Waals surface area contributed by atoms with Gasteiger partial charge in [0.05, 0.1) is 13.2 Å². The Kier molecular flexibility index (Phi) is 6.79. The second-order valence-electron chi connectivity index (χ2n) is 4.27. The van der Waals surface area contributed by atoms with Gasteiger partial charge in [-0.15, -0.1) is 0 Å². The molecule has 0 aliphatic carbocycles. The second-order valence-corrected chi connectivity index (χ2v) is 4.27. The van der Waals surface area contributed by atoms with Gasteiger partial charge in [-0.25, -0.2) is 4.99 Å². The average molecular weight is 263 g/mol. The highest BCUT2D eigenvalue weighted by Gasteiger charge is 2.04. The Bertz CT molecular complexity index is 408. The smallest absolute Gasteiger partial charge is 0.191 e. The molecule has 0 aliphatic heterocycles. The standard InChI is InChI=1S/C15H25N3O/c1-5-16-15(17-6-2)18-11-13-9-8-12(4)10-14(13)19-7-3/h8-10H,5-7,11H2,1-4H3,(H2,16,17,18). The van der Waals surface area contributed by atoms with E-state index in [9.17, 15) is 0 Å². The molecule has 0 unspecified atom stereocenters. The first-order chi connectivity index (χ1) is 9.21. The number of ether oxygens (including phenoxy) is 1. The van der Waals surface area contributed by atoms with Crippen LogP contribution in [0, 0.1) is 6.92 Å². The van der Waals surface area contributed by atoms with Crippen molar-refractivity contribution in [2.24, 2.45) is 4.99 Å². The molecule has 4 heteroatoms. The fourth-order valence-corrected chi connectivity index (χ4v) is 1.76. The van der Waals surface area contributed by atoms with Gasteiger partial charge in [0.25, 0.3) is 0 Å². The van der Waals surface area contributed by atoms with E-state index in [1.54, 1.807) is 0 Å². The summed E-state index contributed by atoms with van der Waals surface area (Å²) >= 11 is 0. The van der Waals surface area contributed by atoms with E-state index in [0.29, 0.717) is 13.2 Å². The molecular weight excluding hydrogens is 238 g/mol. The van der Waals surface area contributed by atoms with Gasteiger partial charge in [0.15, 0.2) is 5.96 Å². The Labute approximate surface area is 116 Å². The lowest BCUT2D eigenvalue weighted by atomic mass is 10.1. The summed E-state index contributed by atoms with van der Waals surface area (Å²) in [4.78, 5) is 4.56. The minimum absolute atomic E-state index is 0.616. The van der Waals surface area contributed by atoms with Crippen LogP contribution < -0.4 is 15.4 Å². The normalized spacial score (nSPS) is 9.89. The summed E-state index contributed by atoms with van der Waals surface area (Å²) in [6, 6.07) is 6.24. The van der Waals surface area contributed by atoms with Gasteiger partial charge in [0.2, 0.25) is 0 Å². The maximum atomic E-state index is 5.66. The van der Waals surface area contributed by atoms with E-state index in [-0.39, 0.29) is 0 Å². The minimum Gasteiger partial charge on any atom is -0.494 e. The Morgan fingerprint density at radius 1 is 1.16 bits per heavy atom. The van der Waals surface area contributed by atoms with Crippen LogP contribution in [-0.4, -0.2) is 25.7 Å². The van der Waals surface area contributed by atoms with Crippen molar-refractivity contribution in [3.8, 4) is 5.75 Å². The Morgan fingerprint density at radius 3 is 2.42 bits per heavy atom. The van der Waals surface area contributed by atoms with Crippen molar-refractivity contribution < 1.29 is 4.74 Å². The molecule has 0 spiro atoms. The zero-order chi connectivity index (χ0) is 14.1. The molecule has 0 amide bonds. The monoisotopic (exact) mass is 263 g/mol. The quantitative estimate of drug-likeness (QED) is 0.612. The number of hydrogen-bond donors (Lipinski definition) is 2. The van der Waals surface area contributed by atoms with Crippen molar-refractivity contribution >= 4 is 5.96 Å². The third kappa shape index (κ3) is 5.20. The van der Waals surface area contributed by atoms with Gasteiger partial charge < -0.3 is 15.4 Å². The Morgan fingerprint density at radius 2 is 1.84 bits per heavy atom. The fourth-order valence-electron chi connectivity index (χ4n) is 1.76. The van der Waals surface area contributed by atoms with Crippen molar-refractivity contribution in [1.82, 2.24) is 10.6 Å². The summed E-state index contributed by atoms with van der Waals surface area (Å²) in [6.45, 7) is 11.2. The number of aliphatic imine (C=N–C) groups is 1. The summed E-state index contributed by atoms with van der Waals surface area (Å²) in [5.74, 6) is 1.77. The van der Waals surface area contributed by atoms with Crippen LogP contribution in [0.5, 0.6) is 5.75 Å². The molecule has 0 bridgehead atoms. The molecule has 19 heavy (non-hydrogen) atoms. The van der Waals surface area contributed by atoms with Crippen LogP contribution in [0.25, 0.3) is 0 Å². The number of hydrogen-bond acceptors (Lipinski definition) is 2. The number of nitrogens with zero attached hydrogens (tertiary/aromatic N) is 1. The molecule has 0 saturated heterocycles. The van der Waals surface area contributed by atoms with Gasteiger partial charge in [0, 0.05) is 18.7 Å². The van der Waals surface area contributed by atoms with Crippen molar-refractivity contribution in [1.29, 1.82) is 0 Å². The van der Waals surface area contributed by atoms with Crippen molar-refractivity contribution in [2.75, 3.05) is 19.7 Å². The van der Waals surface area contributed by atoms with Gasteiger partial charge in [0.1, 0.15) is 5.75 Å². The summed E-state index contributed by atoms with van der Waals surface area (Å²) < 4.78 is 5.66. The van der Waals surface area contributed by atoms with Crippen LogP contribution in [0.2, 0.25) is 0 Å². The highest BCUT2D eigenvalue weighted by molar-refractivity contribution is 5.79. The van der Waals surface area contributed by atoms with Crippen molar-refractivity contribution in [3.63, 3.8) is 0 Å². The third-order valence-corrected chi connectivity index (χ3v) is 2.62. The number of benzene rings is 1. The van der Waals surface area contributed by atoms with E-state index in [1.807, 2.05) is 6.92 Å². The van der Waals surface area contributed by atoms with Crippen molar-refractivity contribution in [2.45, 2.75) is 34.2 Å². The molecule has 0 saturated carbocycles. The Balaban J connectivity index is 2.82. The van der Waals surface area contributed by atoms with Crippen LogP contribution in [0.1, 0.15) is 31.9 Å². The molecule has 106 valence electrons. The van der Waals surface area contributed by atoms with Gasteiger partial charge in [-0.3, -0.25) is 0 Å². The lowest BCUT2D eigenvalue weighted by Crippen LogP contribution is -2.36. The first-order valence-corrected chi connectivity index (χ1v) is 6.95. The van der Waals surface area contributed by atoms with Crippen LogP contribution in [0.15, 0.2) is 23.2 Å². The first kappa shape index (κ1) is 15.3. The molecule has 2 N–H and O–H groups in total. The SMILES string of the molecule is CCNC(=NCc1ccc(C)cc1OCC)NCC. The van der Waals surface area contributed by atoms with Gasteiger partial charge >= 0.3 is 0 Å². The Hall–Kier alpha value is -1.71. The highest BCUT2D eigenvalue weighted by Crippen LogP contribution is 2.21. The predicted molar refractivity (Wildman–Crippen MR) is 80.8 cm³/mol. The molecule has 0 aliphatic rings. The third-order valence-electron chi connectivity index (χ3n) is 2.62. The van der Waals surface area contributed by atoms with E-state index < -0.39 is 0 Å². The maximum Gasteiger partial charge on any atom is 0.191 e. The number of aryl methyl sites for hydroxylation is 1. The molecule has 0 heterocycles. The first-order valence-electron chi connectivity index (χ1n) is 6.95. The molecule has 0 atom stereocenters. The van der Waals surface area contributed by atoms with E-state index in [1.165, 1.54) is 5.56 Å². The molecule has 0 radical (unpaired) electrons. The molecule has 1 aromatic carbocycles. The van der Waals surface area contributed by atoms with Crippen molar-refractivity contribution in [3.05, 3.63) is 29.3 Å². The van der Waals surface area contributed by atoms with Gasteiger partial charge in [-0.2, -0.15) is 0 Å². The highest BCUT2D eigenvalue weighted by atomic mass is 16.5. The molecule has 1 aromatic rings.